The molecule has 0 aliphatic heterocycles. The number of hydrogen-bond donors (Lipinski definition) is 1. The Kier molecular flexibility index (Phi) is 3.93. The highest BCUT2D eigenvalue weighted by Crippen LogP contribution is 2.30. The average Bonchev–Trinajstić information content (AvgIpc) is 3.13. The second kappa shape index (κ2) is 5.45. The van der Waals surface area contributed by atoms with Crippen molar-refractivity contribution in [3.63, 3.8) is 0 Å². The van der Waals surface area contributed by atoms with Gasteiger partial charge in [0.25, 0.3) is 5.56 Å². The van der Waals surface area contributed by atoms with Crippen LogP contribution in [0.2, 0.25) is 5.02 Å². The maximum absolute atomic E-state index is 12.2. The van der Waals surface area contributed by atoms with Gasteiger partial charge in [0, 0.05) is 19.0 Å². The third-order valence-electron chi connectivity index (χ3n) is 2.94. The molecular formula is C13H16ClN3O. The zero-order chi connectivity index (χ0) is 13.1. The highest BCUT2D eigenvalue weighted by molar-refractivity contribution is 6.33. The highest BCUT2D eigenvalue weighted by atomic mass is 35.5. The third kappa shape index (κ3) is 3.05. The van der Waals surface area contributed by atoms with Crippen molar-refractivity contribution in [2.75, 3.05) is 5.32 Å². The summed E-state index contributed by atoms with van der Waals surface area (Å²) in [6.45, 7) is 2.59. The van der Waals surface area contributed by atoms with Crippen molar-refractivity contribution in [1.82, 2.24) is 9.78 Å². The number of anilines is 1. The predicted molar refractivity (Wildman–Crippen MR) is 72.8 cm³/mol. The first-order valence-corrected chi connectivity index (χ1v) is 6.45. The van der Waals surface area contributed by atoms with E-state index in [-0.39, 0.29) is 11.6 Å². The Balaban J connectivity index is 2.21. The number of terminal acetylenes is 1. The van der Waals surface area contributed by atoms with Crippen molar-refractivity contribution < 1.29 is 0 Å². The molecule has 1 fully saturated rings. The quantitative estimate of drug-likeness (QED) is 0.830. The maximum Gasteiger partial charge on any atom is 0.291 e. The van der Waals surface area contributed by atoms with Crippen LogP contribution in [0, 0.1) is 18.3 Å². The number of nitrogens with one attached hydrogen (secondary N) is 1. The number of hydrogen-bond acceptors (Lipinski definition) is 3. The van der Waals surface area contributed by atoms with Gasteiger partial charge >= 0.3 is 0 Å². The first-order valence-electron chi connectivity index (χ1n) is 6.07. The van der Waals surface area contributed by atoms with Gasteiger partial charge in [-0.15, -0.1) is 12.3 Å². The van der Waals surface area contributed by atoms with Gasteiger partial charge in [-0.3, -0.25) is 4.79 Å². The van der Waals surface area contributed by atoms with Gasteiger partial charge in [0.1, 0.15) is 5.69 Å². The Bertz CT molecular complexity index is 528. The van der Waals surface area contributed by atoms with Gasteiger partial charge in [-0.2, -0.15) is 5.10 Å². The van der Waals surface area contributed by atoms with Crippen LogP contribution in [0.15, 0.2) is 11.0 Å². The van der Waals surface area contributed by atoms with Crippen LogP contribution >= 0.6 is 11.6 Å². The predicted octanol–water partition coefficient (Wildman–Crippen LogP) is 2.13. The number of halogens is 1. The van der Waals surface area contributed by atoms with E-state index in [9.17, 15) is 4.79 Å². The largest absolute Gasteiger partial charge is 0.376 e. The molecular weight excluding hydrogens is 250 g/mol. The average molecular weight is 266 g/mol. The molecule has 1 aliphatic carbocycles. The number of nitrogens with zero attached hydrogens (tertiary/aromatic N) is 2. The highest BCUT2D eigenvalue weighted by Gasteiger charge is 2.23. The van der Waals surface area contributed by atoms with Gasteiger partial charge in [-0.25, -0.2) is 4.68 Å². The minimum Gasteiger partial charge on any atom is -0.376 e. The zero-order valence-corrected chi connectivity index (χ0v) is 11.1. The van der Waals surface area contributed by atoms with Crippen LogP contribution < -0.4 is 10.9 Å². The summed E-state index contributed by atoms with van der Waals surface area (Å²) in [6.07, 6.45) is 9.64. The molecule has 1 aliphatic rings. The fraction of sp³-hybridized carbons (Fsp3) is 0.538. The van der Waals surface area contributed by atoms with E-state index in [0.29, 0.717) is 29.6 Å². The van der Waals surface area contributed by atoms with Gasteiger partial charge in [-0.1, -0.05) is 11.6 Å². The van der Waals surface area contributed by atoms with Crippen LogP contribution in [0.1, 0.15) is 26.2 Å². The lowest BCUT2D eigenvalue weighted by molar-refractivity contribution is 0.534. The van der Waals surface area contributed by atoms with Crippen molar-refractivity contribution >= 4 is 17.3 Å². The summed E-state index contributed by atoms with van der Waals surface area (Å²) in [6, 6.07) is 0.0111. The maximum atomic E-state index is 12.2. The van der Waals surface area contributed by atoms with Crippen LogP contribution in [0.4, 0.5) is 5.69 Å². The molecule has 1 unspecified atom stereocenters. The normalized spacial score (nSPS) is 16.1. The molecule has 0 spiro atoms. The Morgan fingerprint density at radius 2 is 2.44 bits per heavy atom. The van der Waals surface area contributed by atoms with Gasteiger partial charge in [-0.05, 0) is 25.7 Å². The molecule has 1 aromatic heterocycles. The summed E-state index contributed by atoms with van der Waals surface area (Å²) < 4.78 is 1.48. The summed E-state index contributed by atoms with van der Waals surface area (Å²) in [4.78, 5) is 12.2. The Morgan fingerprint density at radius 1 is 1.72 bits per heavy atom. The summed E-state index contributed by atoms with van der Waals surface area (Å²) >= 11 is 6.01. The van der Waals surface area contributed by atoms with E-state index in [1.54, 1.807) is 0 Å². The second-order valence-corrected chi connectivity index (χ2v) is 5.16. The van der Waals surface area contributed by atoms with Crippen molar-refractivity contribution in [3.05, 3.63) is 21.6 Å². The SMILES string of the molecule is C#CCC(C)Nc1c(Cl)cnn(CC2CC2)c1=O. The van der Waals surface area contributed by atoms with Gasteiger partial charge in [0.15, 0.2) is 0 Å². The molecule has 4 nitrogen and oxygen atoms in total. The lowest BCUT2D eigenvalue weighted by atomic mass is 10.2. The van der Waals surface area contributed by atoms with Crippen molar-refractivity contribution in [2.45, 2.75) is 38.8 Å². The molecule has 1 N–H and O–H groups in total. The van der Waals surface area contributed by atoms with Gasteiger partial charge in [0.2, 0.25) is 0 Å². The van der Waals surface area contributed by atoms with Gasteiger partial charge in [0.05, 0.1) is 11.2 Å². The van der Waals surface area contributed by atoms with Crippen LogP contribution in [0.5, 0.6) is 0 Å². The minimum absolute atomic E-state index is 0.0111. The van der Waals surface area contributed by atoms with E-state index in [1.165, 1.54) is 23.7 Å². The summed E-state index contributed by atoms with van der Waals surface area (Å²) in [5, 5.41) is 7.47. The smallest absolute Gasteiger partial charge is 0.291 e. The molecule has 0 amide bonds. The van der Waals surface area contributed by atoms with E-state index in [2.05, 4.69) is 16.3 Å². The molecule has 1 saturated carbocycles. The number of aromatic nitrogens is 2. The van der Waals surface area contributed by atoms with Crippen molar-refractivity contribution in [1.29, 1.82) is 0 Å². The van der Waals surface area contributed by atoms with E-state index >= 15 is 0 Å². The summed E-state index contributed by atoms with van der Waals surface area (Å²) in [5.41, 5.74) is 0.230. The first kappa shape index (κ1) is 13.0. The Hall–Kier alpha value is -1.47. The Labute approximate surface area is 111 Å². The lowest BCUT2D eigenvalue weighted by Crippen LogP contribution is -2.29. The van der Waals surface area contributed by atoms with Crippen LogP contribution in [-0.2, 0) is 6.54 Å². The lowest BCUT2D eigenvalue weighted by Gasteiger charge is -2.14. The fourth-order valence-corrected chi connectivity index (χ4v) is 1.93. The molecule has 0 radical (unpaired) electrons. The van der Waals surface area contributed by atoms with E-state index in [1.807, 2.05) is 6.92 Å². The molecule has 0 saturated heterocycles. The molecule has 1 aromatic rings. The minimum atomic E-state index is -0.168. The van der Waals surface area contributed by atoms with Crippen LogP contribution in [0.3, 0.4) is 0 Å². The van der Waals surface area contributed by atoms with Crippen LogP contribution in [0.25, 0.3) is 0 Å². The Morgan fingerprint density at radius 3 is 3.06 bits per heavy atom. The molecule has 1 heterocycles. The molecule has 0 bridgehead atoms. The molecule has 2 rings (SSSR count). The summed E-state index contributed by atoms with van der Waals surface area (Å²) in [5.74, 6) is 3.14. The summed E-state index contributed by atoms with van der Waals surface area (Å²) in [7, 11) is 0. The van der Waals surface area contributed by atoms with Gasteiger partial charge < -0.3 is 5.32 Å². The molecule has 5 heteroatoms. The molecule has 1 atom stereocenters. The number of rotatable bonds is 5. The van der Waals surface area contributed by atoms with E-state index < -0.39 is 0 Å². The second-order valence-electron chi connectivity index (χ2n) is 4.75. The standard InChI is InChI=1S/C13H16ClN3O/c1-3-4-9(2)16-12-11(14)7-15-17(13(12)18)8-10-5-6-10/h1,7,9-10,16H,4-6,8H2,2H3. The fourth-order valence-electron chi connectivity index (χ4n) is 1.75. The van der Waals surface area contributed by atoms with E-state index in [4.69, 9.17) is 18.0 Å². The molecule has 18 heavy (non-hydrogen) atoms. The van der Waals surface area contributed by atoms with Crippen LogP contribution in [-0.4, -0.2) is 15.8 Å². The topological polar surface area (TPSA) is 46.9 Å². The zero-order valence-electron chi connectivity index (χ0n) is 10.3. The molecule has 0 aromatic carbocycles. The van der Waals surface area contributed by atoms with Crippen molar-refractivity contribution in [3.8, 4) is 12.3 Å². The van der Waals surface area contributed by atoms with E-state index in [0.717, 1.165) is 0 Å². The van der Waals surface area contributed by atoms with Crippen molar-refractivity contribution in [2.24, 2.45) is 5.92 Å². The third-order valence-corrected chi connectivity index (χ3v) is 3.23. The molecule has 96 valence electrons. The first-order chi connectivity index (χ1) is 8.61. The monoisotopic (exact) mass is 265 g/mol.